The number of hydrogen-bond acceptors (Lipinski definition) is 2. The summed E-state index contributed by atoms with van der Waals surface area (Å²) < 4.78 is 15.3. The van der Waals surface area contributed by atoms with E-state index in [4.69, 9.17) is 0 Å². The lowest BCUT2D eigenvalue weighted by molar-refractivity contribution is 0.187. The van der Waals surface area contributed by atoms with E-state index in [1.807, 2.05) is 38.1 Å². The molecule has 0 aliphatic heterocycles. The molecule has 1 heterocycles. The van der Waals surface area contributed by atoms with E-state index >= 15 is 0 Å². The molecule has 0 aliphatic carbocycles. The summed E-state index contributed by atoms with van der Waals surface area (Å²) in [5.41, 5.74) is 3.09. The van der Waals surface area contributed by atoms with Crippen LogP contribution in [-0.4, -0.2) is 21.8 Å². The minimum absolute atomic E-state index is 0.0845. The standard InChI is InChI=1S/C20H23FN2O/c1-20(2,14-24)22-11-16-13-23(19-6-4-3-5-18(16)19)12-15-7-9-17(21)10-8-15/h3-10,13,22,24H,11-12,14H2,1-2H3. The zero-order valence-corrected chi connectivity index (χ0v) is 14.1. The van der Waals surface area contributed by atoms with Gasteiger partial charge in [0.15, 0.2) is 0 Å². The molecule has 0 fully saturated rings. The first-order chi connectivity index (χ1) is 11.5. The van der Waals surface area contributed by atoms with Gasteiger partial charge in [-0.15, -0.1) is 0 Å². The molecule has 126 valence electrons. The molecule has 0 saturated carbocycles. The van der Waals surface area contributed by atoms with Crippen LogP contribution in [0.1, 0.15) is 25.0 Å². The highest BCUT2D eigenvalue weighted by atomic mass is 19.1. The van der Waals surface area contributed by atoms with Crippen LogP contribution in [0, 0.1) is 5.82 Å². The molecule has 0 amide bonds. The van der Waals surface area contributed by atoms with Crippen molar-refractivity contribution < 1.29 is 9.50 Å². The van der Waals surface area contributed by atoms with E-state index in [0.29, 0.717) is 13.1 Å². The van der Waals surface area contributed by atoms with E-state index in [0.717, 1.165) is 11.1 Å². The maximum absolute atomic E-state index is 13.1. The Morgan fingerprint density at radius 3 is 2.50 bits per heavy atom. The maximum Gasteiger partial charge on any atom is 0.123 e. The van der Waals surface area contributed by atoms with Gasteiger partial charge in [0, 0.05) is 35.7 Å². The number of benzene rings is 2. The monoisotopic (exact) mass is 326 g/mol. The second-order valence-corrected chi connectivity index (χ2v) is 6.82. The van der Waals surface area contributed by atoms with E-state index in [9.17, 15) is 9.50 Å². The minimum Gasteiger partial charge on any atom is -0.394 e. The van der Waals surface area contributed by atoms with Crippen LogP contribution in [-0.2, 0) is 13.1 Å². The number of hydrogen-bond donors (Lipinski definition) is 2. The highest BCUT2D eigenvalue weighted by Crippen LogP contribution is 2.23. The Kier molecular flexibility index (Phi) is 4.69. The second kappa shape index (κ2) is 6.75. The Morgan fingerprint density at radius 1 is 1.08 bits per heavy atom. The molecule has 0 spiro atoms. The van der Waals surface area contributed by atoms with Gasteiger partial charge in [-0.2, -0.15) is 0 Å². The van der Waals surface area contributed by atoms with Crippen molar-refractivity contribution in [2.45, 2.75) is 32.5 Å². The van der Waals surface area contributed by atoms with Gasteiger partial charge in [0.05, 0.1) is 6.61 Å². The van der Waals surface area contributed by atoms with Crippen molar-refractivity contribution in [3.05, 3.63) is 71.7 Å². The fourth-order valence-corrected chi connectivity index (χ4v) is 2.77. The third kappa shape index (κ3) is 3.66. The van der Waals surface area contributed by atoms with Gasteiger partial charge < -0.3 is 15.0 Å². The van der Waals surface area contributed by atoms with E-state index in [1.165, 1.54) is 23.1 Å². The third-order valence-electron chi connectivity index (χ3n) is 4.29. The lowest BCUT2D eigenvalue weighted by atomic mass is 10.1. The van der Waals surface area contributed by atoms with E-state index in [2.05, 4.69) is 28.2 Å². The van der Waals surface area contributed by atoms with Crippen molar-refractivity contribution in [1.29, 1.82) is 0 Å². The second-order valence-electron chi connectivity index (χ2n) is 6.82. The first kappa shape index (κ1) is 16.7. The Balaban J connectivity index is 1.90. The molecule has 3 rings (SSSR count). The maximum atomic E-state index is 13.1. The summed E-state index contributed by atoms with van der Waals surface area (Å²) >= 11 is 0. The summed E-state index contributed by atoms with van der Waals surface area (Å²) in [6.07, 6.45) is 2.13. The highest BCUT2D eigenvalue weighted by Gasteiger charge is 2.16. The number of aliphatic hydroxyl groups is 1. The van der Waals surface area contributed by atoms with Crippen LogP contribution in [0.25, 0.3) is 10.9 Å². The molecule has 3 nitrogen and oxygen atoms in total. The van der Waals surface area contributed by atoms with Gasteiger partial charge in [-0.25, -0.2) is 4.39 Å². The molecule has 0 atom stereocenters. The molecule has 2 aromatic carbocycles. The van der Waals surface area contributed by atoms with Gasteiger partial charge in [0.1, 0.15) is 5.82 Å². The summed E-state index contributed by atoms with van der Waals surface area (Å²) in [6.45, 7) is 5.42. The van der Waals surface area contributed by atoms with E-state index in [1.54, 1.807) is 0 Å². The lowest BCUT2D eigenvalue weighted by Crippen LogP contribution is -2.42. The molecule has 2 N–H and O–H groups in total. The van der Waals surface area contributed by atoms with Gasteiger partial charge in [-0.1, -0.05) is 30.3 Å². The van der Waals surface area contributed by atoms with Crippen LogP contribution in [0.5, 0.6) is 0 Å². The van der Waals surface area contributed by atoms with Gasteiger partial charge >= 0.3 is 0 Å². The SMILES string of the molecule is CC(C)(CO)NCc1cn(Cc2ccc(F)cc2)c2ccccc12. The number of aromatic nitrogens is 1. The molecular formula is C20H23FN2O. The topological polar surface area (TPSA) is 37.2 Å². The Morgan fingerprint density at radius 2 is 1.79 bits per heavy atom. The highest BCUT2D eigenvalue weighted by molar-refractivity contribution is 5.84. The summed E-state index contributed by atoms with van der Waals surface area (Å²) in [6, 6.07) is 14.9. The van der Waals surface area contributed by atoms with Crippen molar-refractivity contribution >= 4 is 10.9 Å². The van der Waals surface area contributed by atoms with E-state index in [-0.39, 0.29) is 18.0 Å². The normalized spacial score (nSPS) is 12.0. The first-order valence-corrected chi connectivity index (χ1v) is 8.15. The van der Waals surface area contributed by atoms with Gasteiger partial charge in [0.2, 0.25) is 0 Å². The van der Waals surface area contributed by atoms with Crippen LogP contribution in [0.2, 0.25) is 0 Å². The Hall–Kier alpha value is -2.17. The molecular weight excluding hydrogens is 303 g/mol. The van der Waals surface area contributed by atoms with Gasteiger partial charge in [-0.3, -0.25) is 0 Å². The molecule has 0 bridgehead atoms. The fraction of sp³-hybridized carbons (Fsp3) is 0.300. The zero-order valence-electron chi connectivity index (χ0n) is 14.1. The summed E-state index contributed by atoms with van der Waals surface area (Å²) in [7, 11) is 0. The minimum atomic E-state index is -0.319. The Bertz CT molecular complexity index is 821. The Labute approximate surface area is 141 Å². The predicted molar refractivity (Wildman–Crippen MR) is 95.4 cm³/mol. The summed E-state index contributed by atoms with van der Waals surface area (Å²) in [5.74, 6) is -0.216. The van der Waals surface area contributed by atoms with Crippen molar-refractivity contribution in [1.82, 2.24) is 9.88 Å². The van der Waals surface area contributed by atoms with Crippen molar-refractivity contribution in [2.24, 2.45) is 0 Å². The predicted octanol–water partition coefficient (Wildman–Crippen LogP) is 3.69. The number of rotatable bonds is 6. The van der Waals surface area contributed by atoms with Crippen molar-refractivity contribution in [2.75, 3.05) is 6.61 Å². The first-order valence-electron chi connectivity index (χ1n) is 8.15. The molecule has 0 unspecified atom stereocenters. The number of para-hydroxylation sites is 1. The molecule has 0 aliphatic rings. The number of halogens is 1. The molecule has 0 saturated heterocycles. The average molecular weight is 326 g/mol. The van der Waals surface area contributed by atoms with Crippen LogP contribution >= 0.6 is 0 Å². The zero-order chi connectivity index (χ0) is 17.2. The molecule has 3 aromatic rings. The van der Waals surface area contributed by atoms with Gasteiger partial charge in [-0.05, 0) is 43.2 Å². The number of nitrogens with one attached hydrogen (secondary N) is 1. The third-order valence-corrected chi connectivity index (χ3v) is 4.29. The van der Waals surface area contributed by atoms with Gasteiger partial charge in [0.25, 0.3) is 0 Å². The van der Waals surface area contributed by atoms with Crippen LogP contribution in [0.15, 0.2) is 54.7 Å². The number of fused-ring (bicyclic) bond motifs is 1. The molecule has 0 radical (unpaired) electrons. The number of nitrogens with zero attached hydrogens (tertiary/aromatic N) is 1. The lowest BCUT2D eigenvalue weighted by Gasteiger charge is -2.23. The summed E-state index contributed by atoms with van der Waals surface area (Å²) in [4.78, 5) is 0. The van der Waals surface area contributed by atoms with E-state index < -0.39 is 0 Å². The van der Waals surface area contributed by atoms with Crippen LogP contribution in [0.3, 0.4) is 0 Å². The molecule has 1 aromatic heterocycles. The molecule has 4 heteroatoms. The molecule has 24 heavy (non-hydrogen) atoms. The van der Waals surface area contributed by atoms with Crippen molar-refractivity contribution in [3.63, 3.8) is 0 Å². The van der Waals surface area contributed by atoms with Crippen LogP contribution < -0.4 is 5.32 Å². The largest absolute Gasteiger partial charge is 0.394 e. The quantitative estimate of drug-likeness (QED) is 0.725. The number of aliphatic hydroxyl groups excluding tert-OH is 1. The van der Waals surface area contributed by atoms with Crippen LogP contribution in [0.4, 0.5) is 4.39 Å². The summed E-state index contributed by atoms with van der Waals surface area (Å²) in [5, 5.41) is 14.0. The fourth-order valence-electron chi connectivity index (χ4n) is 2.77. The van der Waals surface area contributed by atoms with Crippen molar-refractivity contribution in [3.8, 4) is 0 Å². The smallest absolute Gasteiger partial charge is 0.123 e. The average Bonchev–Trinajstić information content (AvgIpc) is 2.93.